The van der Waals surface area contributed by atoms with Gasteiger partial charge in [-0.1, -0.05) is 29.3 Å². The highest BCUT2D eigenvalue weighted by atomic mass is 35.5. The maximum Gasteiger partial charge on any atom is 0.387 e. The van der Waals surface area contributed by atoms with E-state index in [4.69, 9.17) is 27.9 Å². The minimum Gasteiger partial charge on any atom is -0.489 e. The number of carbonyl (C=O) groups is 2. The number of halogens is 4. The van der Waals surface area contributed by atoms with Crippen LogP contribution in [0.5, 0.6) is 11.5 Å². The fraction of sp³-hybridized carbons (Fsp3) is 0.435. The molecule has 2 heterocycles. The van der Waals surface area contributed by atoms with Crippen molar-refractivity contribution >= 4 is 40.7 Å². The van der Waals surface area contributed by atoms with Crippen LogP contribution >= 0.6 is 23.2 Å². The van der Waals surface area contributed by atoms with Crippen LogP contribution in [0, 0.1) is 5.92 Å². The maximum absolute atomic E-state index is 13.1. The van der Waals surface area contributed by atoms with Gasteiger partial charge in [0.2, 0.25) is 11.8 Å². The second kappa shape index (κ2) is 10.3. The van der Waals surface area contributed by atoms with E-state index in [0.29, 0.717) is 18.9 Å². The SMILES string of the molecule is CC(=O)N1CC(c2ccc(OC(F)F)c(OCC3CC3)c2)C[C@@H]1C(=O)Nc1c(Cl)cncc1Cl. The fourth-order valence-corrected chi connectivity index (χ4v) is 4.45. The number of benzene rings is 1. The van der Waals surface area contributed by atoms with Crippen molar-refractivity contribution in [2.75, 3.05) is 18.5 Å². The molecule has 0 spiro atoms. The minimum atomic E-state index is -2.98. The number of rotatable bonds is 8. The van der Waals surface area contributed by atoms with Gasteiger partial charge in [-0.15, -0.1) is 0 Å². The second-order valence-electron chi connectivity index (χ2n) is 8.43. The second-order valence-corrected chi connectivity index (χ2v) is 9.24. The highest BCUT2D eigenvalue weighted by Gasteiger charge is 2.39. The zero-order valence-electron chi connectivity index (χ0n) is 18.3. The summed E-state index contributed by atoms with van der Waals surface area (Å²) in [5.74, 6) is -0.318. The Hall–Kier alpha value is -2.65. The number of hydrogen-bond acceptors (Lipinski definition) is 5. The van der Waals surface area contributed by atoms with E-state index in [1.54, 1.807) is 12.1 Å². The van der Waals surface area contributed by atoms with Crippen LogP contribution in [0.2, 0.25) is 10.0 Å². The number of amides is 2. The Balaban J connectivity index is 1.54. The Morgan fingerprint density at radius 3 is 2.53 bits per heavy atom. The van der Waals surface area contributed by atoms with Gasteiger partial charge in [0, 0.05) is 31.8 Å². The van der Waals surface area contributed by atoms with E-state index >= 15 is 0 Å². The lowest BCUT2D eigenvalue weighted by atomic mass is 9.95. The number of aromatic nitrogens is 1. The first-order valence-electron chi connectivity index (χ1n) is 10.8. The Labute approximate surface area is 205 Å². The van der Waals surface area contributed by atoms with Crippen LogP contribution < -0.4 is 14.8 Å². The Bertz CT molecular complexity index is 1060. The molecule has 1 aliphatic heterocycles. The molecule has 0 bridgehead atoms. The van der Waals surface area contributed by atoms with Crippen LogP contribution in [0.25, 0.3) is 0 Å². The molecule has 1 aliphatic carbocycles. The molecule has 1 saturated carbocycles. The lowest BCUT2D eigenvalue weighted by molar-refractivity contribution is -0.134. The van der Waals surface area contributed by atoms with Crippen LogP contribution in [-0.2, 0) is 9.59 Å². The van der Waals surface area contributed by atoms with E-state index in [0.717, 1.165) is 18.4 Å². The van der Waals surface area contributed by atoms with Gasteiger partial charge in [-0.2, -0.15) is 8.78 Å². The number of likely N-dealkylation sites (tertiary alicyclic amines) is 1. The van der Waals surface area contributed by atoms with Gasteiger partial charge in [0.1, 0.15) is 6.04 Å². The van der Waals surface area contributed by atoms with Crippen LogP contribution in [0.1, 0.15) is 37.7 Å². The summed E-state index contributed by atoms with van der Waals surface area (Å²) in [6.45, 7) is -0.888. The zero-order valence-corrected chi connectivity index (χ0v) is 19.8. The Morgan fingerprint density at radius 2 is 1.91 bits per heavy atom. The fourth-order valence-electron chi connectivity index (χ4n) is 3.99. The van der Waals surface area contributed by atoms with Crippen LogP contribution in [0.3, 0.4) is 0 Å². The van der Waals surface area contributed by atoms with Gasteiger partial charge in [-0.25, -0.2) is 0 Å². The van der Waals surface area contributed by atoms with E-state index in [-0.39, 0.29) is 45.6 Å². The van der Waals surface area contributed by atoms with Crippen molar-refractivity contribution in [2.24, 2.45) is 5.92 Å². The number of anilines is 1. The molecule has 4 rings (SSSR count). The molecule has 2 aromatic rings. The van der Waals surface area contributed by atoms with E-state index in [2.05, 4.69) is 15.0 Å². The van der Waals surface area contributed by atoms with Crippen LogP contribution in [0.4, 0.5) is 14.5 Å². The van der Waals surface area contributed by atoms with Gasteiger partial charge in [-0.3, -0.25) is 14.6 Å². The van der Waals surface area contributed by atoms with Crippen molar-refractivity contribution < 1.29 is 27.8 Å². The van der Waals surface area contributed by atoms with E-state index in [9.17, 15) is 18.4 Å². The number of nitrogens with zero attached hydrogens (tertiary/aromatic N) is 2. The van der Waals surface area contributed by atoms with Crippen molar-refractivity contribution in [3.05, 3.63) is 46.2 Å². The molecular weight excluding hydrogens is 491 g/mol. The number of ether oxygens (including phenoxy) is 2. The highest BCUT2D eigenvalue weighted by molar-refractivity contribution is 6.39. The third-order valence-electron chi connectivity index (χ3n) is 5.94. The van der Waals surface area contributed by atoms with Crippen molar-refractivity contribution in [3.63, 3.8) is 0 Å². The predicted molar refractivity (Wildman–Crippen MR) is 123 cm³/mol. The number of pyridine rings is 1. The molecule has 7 nitrogen and oxygen atoms in total. The molecule has 1 unspecified atom stereocenters. The summed E-state index contributed by atoms with van der Waals surface area (Å²) in [7, 11) is 0. The number of alkyl halides is 2. The molecule has 182 valence electrons. The van der Waals surface area contributed by atoms with Gasteiger partial charge in [0.15, 0.2) is 11.5 Å². The van der Waals surface area contributed by atoms with E-state index in [1.807, 2.05) is 0 Å². The smallest absolute Gasteiger partial charge is 0.387 e. The molecule has 11 heteroatoms. The van der Waals surface area contributed by atoms with Crippen molar-refractivity contribution in [3.8, 4) is 11.5 Å². The number of carbonyl (C=O) groups excluding carboxylic acids is 2. The molecule has 2 fully saturated rings. The maximum atomic E-state index is 13.1. The summed E-state index contributed by atoms with van der Waals surface area (Å²) in [4.78, 5) is 30.7. The Kier molecular flexibility index (Phi) is 7.42. The van der Waals surface area contributed by atoms with Gasteiger partial charge >= 0.3 is 6.61 Å². The summed E-state index contributed by atoms with van der Waals surface area (Å²) in [6, 6.07) is 3.98. The summed E-state index contributed by atoms with van der Waals surface area (Å²) < 4.78 is 36.0. The average molecular weight is 514 g/mol. The Morgan fingerprint density at radius 1 is 1.21 bits per heavy atom. The lowest BCUT2D eigenvalue weighted by Crippen LogP contribution is -2.42. The number of hydrogen-bond donors (Lipinski definition) is 1. The van der Waals surface area contributed by atoms with Gasteiger partial charge in [-0.05, 0) is 42.9 Å². The van der Waals surface area contributed by atoms with Crippen molar-refractivity contribution in [2.45, 2.75) is 44.8 Å². The first-order valence-corrected chi connectivity index (χ1v) is 11.6. The molecule has 1 aromatic carbocycles. The normalized spacial score (nSPS) is 19.9. The molecule has 34 heavy (non-hydrogen) atoms. The number of nitrogens with one attached hydrogen (secondary N) is 1. The van der Waals surface area contributed by atoms with Gasteiger partial charge in [0.25, 0.3) is 0 Å². The van der Waals surface area contributed by atoms with Gasteiger partial charge in [0.05, 0.1) is 22.3 Å². The topological polar surface area (TPSA) is 80.8 Å². The van der Waals surface area contributed by atoms with Crippen LogP contribution in [0.15, 0.2) is 30.6 Å². The first kappa shape index (κ1) is 24.5. The molecule has 1 aromatic heterocycles. The summed E-state index contributed by atoms with van der Waals surface area (Å²) >= 11 is 12.2. The molecule has 2 atom stereocenters. The largest absolute Gasteiger partial charge is 0.489 e. The van der Waals surface area contributed by atoms with Crippen LogP contribution in [-0.4, -0.2) is 47.5 Å². The minimum absolute atomic E-state index is 0.0444. The molecule has 2 amide bonds. The lowest BCUT2D eigenvalue weighted by Gasteiger charge is -2.22. The van der Waals surface area contributed by atoms with E-state index < -0.39 is 18.6 Å². The summed E-state index contributed by atoms with van der Waals surface area (Å²) in [5.41, 5.74) is 0.980. The highest BCUT2D eigenvalue weighted by Crippen LogP contribution is 2.39. The van der Waals surface area contributed by atoms with Gasteiger partial charge < -0.3 is 19.7 Å². The molecule has 0 radical (unpaired) electrons. The summed E-state index contributed by atoms with van der Waals surface area (Å²) in [6.07, 6.45) is 5.13. The first-order chi connectivity index (χ1) is 16.2. The van der Waals surface area contributed by atoms with Crippen molar-refractivity contribution in [1.29, 1.82) is 0 Å². The molecular formula is C23H23Cl2F2N3O4. The zero-order chi connectivity index (χ0) is 24.4. The molecule has 2 aliphatic rings. The van der Waals surface area contributed by atoms with Crippen molar-refractivity contribution in [1.82, 2.24) is 9.88 Å². The van der Waals surface area contributed by atoms with E-state index in [1.165, 1.54) is 30.3 Å². The monoisotopic (exact) mass is 513 g/mol. The standard InChI is InChI=1S/C23H23Cl2F2N3O4/c1-12(31)30-10-15(6-18(30)22(32)29-21-16(24)8-28-9-17(21)25)14-4-5-19(34-23(26)27)20(7-14)33-11-13-2-3-13/h4-5,7-9,13,15,18,23H,2-3,6,10-11H2,1H3,(H,28,29,32)/t15?,18-/m1/s1. The molecule has 1 N–H and O–H groups in total. The average Bonchev–Trinajstić information content (AvgIpc) is 3.50. The third kappa shape index (κ3) is 5.70. The third-order valence-corrected chi connectivity index (χ3v) is 6.51. The predicted octanol–water partition coefficient (Wildman–Crippen LogP) is 5.12. The quantitative estimate of drug-likeness (QED) is 0.529. The summed E-state index contributed by atoms with van der Waals surface area (Å²) in [5, 5.41) is 3.05. The molecule has 1 saturated heterocycles.